The summed E-state index contributed by atoms with van der Waals surface area (Å²) < 4.78 is 0. The maximum absolute atomic E-state index is 12.2. The molecule has 1 aromatic rings. The van der Waals surface area contributed by atoms with E-state index >= 15 is 0 Å². The summed E-state index contributed by atoms with van der Waals surface area (Å²) in [4.78, 5) is 14.1. The van der Waals surface area contributed by atoms with Gasteiger partial charge in [-0.2, -0.15) is 0 Å². The molecule has 0 saturated carbocycles. The standard InChI is InChI=1S/C13H16ClNO.C2H6/c1-10-6-8-15(9-7-10)13(16)11-4-2-3-5-12(11)14;1-2/h2-5,10H,6-9H2,1H3;1-2H3. The van der Waals surface area contributed by atoms with Gasteiger partial charge in [-0.1, -0.05) is 44.5 Å². The lowest BCUT2D eigenvalue weighted by molar-refractivity contribution is 0.0697. The van der Waals surface area contributed by atoms with E-state index in [1.165, 1.54) is 0 Å². The van der Waals surface area contributed by atoms with Crippen LogP contribution in [0.1, 0.15) is 44.0 Å². The zero-order valence-electron chi connectivity index (χ0n) is 11.4. The fourth-order valence-corrected chi connectivity index (χ4v) is 2.23. The van der Waals surface area contributed by atoms with E-state index in [9.17, 15) is 4.79 Å². The highest BCUT2D eigenvalue weighted by molar-refractivity contribution is 6.33. The molecule has 1 heterocycles. The molecule has 0 radical (unpaired) electrons. The number of piperidine rings is 1. The van der Waals surface area contributed by atoms with Crippen LogP contribution in [0.3, 0.4) is 0 Å². The third-order valence-corrected chi connectivity index (χ3v) is 3.50. The fraction of sp³-hybridized carbons (Fsp3) is 0.533. The molecule has 3 heteroatoms. The molecule has 1 saturated heterocycles. The number of halogens is 1. The molecule has 1 aromatic carbocycles. The SMILES string of the molecule is CC.CC1CCN(C(=O)c2ccccc2Cl)CC1. The van der Waals surface area contributed by atoms with Crippen molar-refractivity contribution in [3.63, 3.8) is 0 Å². The topological polar surface area (TPSA) is 20.3 Å². The number of amides is 1. The maximum atomic E-state index is 12.2. The largest absolute Gasteiger partial charge is 0.339 e. The number of likely N-dealkylation sites (tertiary alicyclic amines) is 1. The van der Waals surface area contributed by atoms with Crippen LogP contribution in [0.15, 0.2) is 24.3 Å². The zero-order chi connectivity index (χ0) is 13.5. The van der Waals surface area contributed by atoms with Gasteiger partial charge in [-0.3, -0.25) is 4.79 Å². The Morgan fingerprint density at radius 3 is 2.33 bits per heavy atom. The van der Waals surface area contributed by atoms with E-state index in [1.54, 1.807) is 12.1 Å². The Kier molecular flexibility index (Phi) is 6.20. The number of nitrogens with zero attached hydrogens (tertiary/aromatic N) is 1. The second-order valence-corrected chi connectivity index (χ2v) is 4.86. The first-order valence-electron chi connectivity index (χ1n) is 6.72. The third kappa shape index (κ3) is 3.74. The van der Waals surface area contributed by atoms with Crippen LogP contribution < -0.4 is 0 Å². The molecule has 0 bridgehead atoms. The van der Waals surface area contributed by atoms with Crippen LogP contribution in [0.5, 0.6) is 0 Å². The smallest absolute Gasteiger partial charge is 0.255 e. The van der Waals surface area contributed by atoms with E-state index in [1.807, 2.05) is 30.9 Å². The molecule has 0 spiro atoms. The van der Waals surface area contributed by atoms with Crippen molar-refractivity contribution < 1.29 is 4.79 Å². The molecular weight excluding hydrogens is 246 g/mol. The van der Waals surface area contributed by atoms with Gasteiger partial charge in [0, 0.05) is 13.1 Å². The summed E-state index contributed by atoms with van der Waals surface area (Å²) in [5.41, 5.74) is 0.624. The Morgan fingerprint density at radius 1 is 1.22 bits per heavy atom. The summed E-state index contributed by atoms with van der Waals surface area (Å²) >= 11 is 6.02. The summed E-state index contributed by atoms with van der Waals surface area (Å²) in [5.74, 6) is 0.799. The Hall–Kier alpha value is -1.02. The molecule has 0 atom stereocenters. The molecule has 1 amide bonds. The minimum atomic E-state index is 0.0671. The lowest BCUT2D eigenvalue weighted by Gasteiger charge is -2.30. The summed E-state index contributed by atoms with van der Waals surface area (Å²) in [6.07, 6.45) is 2.19. The summed E-state index contributed by atoms with van der Waals surface area (Å²) in [5, 5.41) is 0.547. The third-order valence-electron chi connectivity index (χ3n) is 3.18. The minimum absolute atomic E-state index is 0.0671. The van der Waals surface area contributed by atoms with Gasteiger partial charge in [0.15, 0.2) is 0 Å². The molecule has 1 aliphatic heterocycles. The predicted octanol–water partition coefficient (Wildman–Crippen LogP) is 4.24. The molecular formula is C15H22ClNO. The summed E-state index contributed by atoms with van der Waals surface area (Å²) in [6.45, 7) is 7.94. The normalized spacial score (nSPS) is 15.9. The monoisotopic (exact) mass is 267 g/mol. The lowest BCUT2D eigenvalue weighted by Crippen LogP contribution is -2.38. The average molecular weight is 268 g/mol. The second kappa shape index (κ2) is 7.42. The van der Waals surface area contributed by atoms with Crippen LogP contribution in [0.4, 0.5) is 0 Å². The number of benzene rings is 1. The number of hydrogen-bond donors (Lipinski definition) is 0. The van der Waals surface area contributed by atoms with Crippen molar-refractivity contribution in [3.05, 3.63) is 34.9 Å². The van der Waals surface area contributed by atoms with Gasteiger partial charge in [0.05, 0.1) is 10.6 Å². The van der Waals surface area contributed by atoms with Gasteiger partial charge in [-0.25, -0.2) is 0 Å². The molecule has 0 N–H and O–H groups in total. The predicted molar refractivity (Wildman–Crippen MR) is 77.1 cm³/mol. The average Bonchev–Trinajstić information content (AvgIpc) is 2.42. The van der Waals surface area contributed by atoms with Crippen LogP contribution in [0.2, 0.25) is 5.02 Å². The van der Waals surface area contributed by atoms with Crippen LogP contribution in [0, 0.1) is 5.92 Å². The highest BCUT2D eigenvalue weighted by Gasteiger charge is 2.22. The Labute approximate surface area is 115 Å². The Morgan fingerprint density at radius 2 is 1.78 bits per heavy atom. The van der Waals surface area contributed by atoms with Gasteiger partial charge in [0.2, 0.25) is 0 Å². The van der Waals surface area contributed by atoms with Crippen LogP contribution >= 0.6 is 11.6 Å². The van der Waals surface area contributed by atoms with Crippen molar-refractivity contribution >= 4 is 17.5 Å². The molecule has 1 aliphatic rings. The first-order valence-corrected chi connectivity index (χ1v) is 7.10. The second-order valence-electron chi connectivity index (χ2n) is 4.45. The van der Waals surface area contributed by atoms with Crippen molar-refractivity contribution in [2.45, 2.75) is 33.6 Å². The minimum Gasteiger partial charge on any atom is -0.339 e. The molecule has 0 aromatic heterocycles. The zero-order valence-corrected chi connectivity index (χ0v) is 12.2. The first kappa shape index (κ1) is 15.0. The number of rotatable bonds is 1. The van der Waals surface area contributed by atoms with Crippen LogP contribution in [-0.4, -0.2) is 23.9 Å². The maximum Gasteiger partial charge on any atom is 0.255 e. The van der Waals surface area contributed by atoms with Crippen LogP contribution in [0.25, 0.3) is 0 Å². The Balaban J connectivity index is 0.000000771. The molecule has 0 unspecified atom stereocenters. The van der Waals surface area contributed by atoms with Gasteiger partial charge in [0.1, 0.15) is 0 Å². The van der Waals surface area contributed by atoms with Gasteiger partial charge >= 0.3 is 0 Å². The van der Waals surface area contributed by atoms with Crippen molar-refractivity contribution in [1.82, 2.24) is 4.90 Å². The highest BCUT2D eigenvalue weighted by Crippen LogP contribution is 2.21. The van der Waals surface area contributed by atoms with E-state index in [4.69, 9.17) is 11.6 Å². The lowest BCUT2D eigenvalue weighted by atomic mass is 9.98. The first-order chi connectivity index (χ1) is 8.68. The Bertz CT molecular complexity index is 384. The quantitative estimate of drug-likeness (QED) is 0.745. The van der Waals surface area contributed by atoms with Gasteiger partial charge in [-0.05, 0) is 30.9 Å². The van der Waals surface area contributed by atoms with Crippen molar-refractivity contribution in [3.8, 4) is 0 Å². The van der Waals surface area contributed by atoms with E-state index in [0.717, 1.165) is 31.8 Å². The molecule has 2 nitrogen and oxygen atoms in total. The number of hydrogen-bond acceptors (Lipinski definition) is 1. The number of carbonyl (C=O) groups is 1. The molecule has 0 aliphatic carbocycles. The van der Waals surface area contributed by atoms with Gasteiger partial charge in [-0.15, -0.1) is 0 Å². The van der Waals surface area contributed by atoms with Crippen LogP contribution in [-0.2, 0) is 0 Å². The van der Waals surface area contributed by atoms with E-state index in [-0.39, 0.29) is 5.91 Å². The molecule has 2 rings (SSSR count). The van der Waals surface area contributed by atoms with Gasteiger partial charge < -0.3 is 4.90 Å². The number of carbonyl (C=O) groups excluding carboxylic acids is 1. The molecule has 100 valence electrons. The highest BCUT2D eigenvalue weighted by atomic mass is 35.5. The van der Waals surface area contributed by atoms with Crippen molar-refractivity contribution in [2.24, 2.45) is 5.92 Å². The van der Waals surface area contributed by atoms with Gasteiger partial charge in [0.25, 0.3) is 5.91 Å². The fourth-order valence-electron chi connectivity index (χ4n) is 2.02. The molecule has 18 heavy (non-hydrogen) atoms. The van der Waals surface area contributed by atoms with E-state index in [2.05, 4.69) is 6.92 Å². The van der Waals surface area contributed by atoms with E-state index in [0.29, 0.717) is 10.6 Å². The van der Waals surface area contributed by atoms with E-state index < -0.39 is 0 Å². The van der Waals surface area contributed by atoms with Crippen molar-refractivity contribution in [2.75, 3.05) is 13.1 Å². The van der Waals surface area contributed by atoms with Crippen molar-refractivity contribution in [1.29, 1.82) is 0 Å². The summed E-state index contributed by atoms with van der Waals surface area (Å²) in [6, 6.07) is 7.26. The molecule has 1 fully saturated rings. The summed E-state index contributed by atoms with van der Waals surface area (Å²) in [7, 11) is 0.